The minimum absolute atomic E-state index is 0.150. The lowest BCUT2D eigenvalue weighted by Crippen LogP contribution is -2.03. The van der Waals surface area contributed by atoms with Gasteiger partial charge in [0, 0.05) is 17.8 Å². The van der Waals surface area contributed by atoms with E-state index in [1.54, 1.807) is 12.1 Å². The molecule has 1 rings (SSSR count). The van der Waals surface area contributed by atoms with Gasteiger partial charge in [0.2, 0.25) is 0 Å². The van der Waals surface area contributed by atoms with E-state index in [1.807, 2.05) is 19.9 Å². The van der Waals surface area contributed by atoms with Gasteiger partial charge in [-0.1, -0.05) is 19.1 Å². The van der Waals surface area contributed by atoms with Gasteiger partial charge in [0.05, 0.1) is 0 Å². The Morgan fingerprint density at radius 3 is 2.50 bits per heavy atom. The lowest BCUT2D eigenvalue weighted by molar-refractivity contribution is 0.151. The van der Waals surface area contributed by atoms with Gasteiger partial charge in [-0.2, -0.15) is 0 Å². The van der Waals surface area contributed by atoms with E-state index in [4.69, 9.17) is 0 Å². The van der Waals surface area contributed by atoms with Gasteiger partial charge in [-0.15, -0.1) is 0 Å². The second kappa shape index (κ2) is 4.94. The zero-order valence-electron chi connectivity index (χ0n) is 8.48. The summed E-state index contributed by atoms with van der Waals surface area (Å²) in [5, 5.41) is 2.95. The van der Waals surface area contributed by atoms with E-state index < -0.39 is 6.43 Å². The third-order valence-corrected chi connectivity index (χ3v) is 2.16. The number of anilines is 1. The molecule has 0 saturated heterocycles. The van der Waals surface area contributed by atoms with Crippen molar-refractivity contribution in [2.75, 3.05) is 11.9 Å². The number of rotatable bonds is 4. The minimum Gasteiger partial charge on any atom is -0.385 e. The predicted molar refractivity (Wildman–Crippen MR) is 54.9 cm³/mol. The summed E-state index contributed by atoms with van der Waals surface area (Å²) in [4.78, 5) is 0. The van der Waals surface area contributed by atoms with Crippen LogP contribution in [0, 0.1) is 0 Å². The van der Waals surface area contributed by atoms with E-state index in [-0.39, 0.29) is 5.56 Å². The molecule has 0 saturated carbocycles. The first kappa shape index (κ1) is 11.0. The fraction of sp³-hybridized carbons (Fsp3) is 0.455. The maximum atomic E-state index is 12.8. The van der Waals surface area contributed by atoms with Crippen LogP contribution >= 0.6 is 0 Å². The van der Waals surface area contributed by atoms with Crippen molar-refractivity contribution < 1.29 is 8.78 Å². The Morgan fingerprint density at radius 2 is 2.00 bits per heavy atom. The summed E-state index contributed by atoms with van der Waals surface area (Å²) in [6, 6.07) is 5.26. The largest absolute Gasteiger partial charge is 0.385 e. The van der Waals surface area contributed by atoms with Crippen LogP contribution in [-0.4, -0.2) is 6.54 Å². The first-order valence-corrected chi connectivity index (χ1v) is 4.84. The number of halogens is 2. The normalized spacial score (nSPS) is 10.6. The molecule has 1 aromatic carbocycles. The molecule has 0 unspecified atom stereocenters. The lowest BCUT2D eigenvalue weighted by Gasteiger charge is -2.13. The van der Waals surface area contributed by atoms with Gasteiger partial charge < -0.3 is 5.32 Å². The van der Waals surface area contributed by atoms with Crippen molar-refractivity contribution in [2.24, 2.45) is 0 Å². The predicted octanol–water partition coefficient (Wildman–Crippen LogP) is 3.62. The van der Waals surface area contributed by atoms with E-state index in [2.05, 4.69) is 5.32 Å². The molecule has 0 aliphatic carbocycles. The lowest BCUT2D eigenvalue weighted by atomic mass is 10.0. The Labute approximate surface area is 83.1 Å². The van der Waals surface area contributed by atoms with Crippen molar-refractivity contribution in [3.63, 3.8) is 0 Å². The second-order valence-electron chi connectivity index (χ2n) is 3.06. The molecule has 14 heavy (non-hydrogen) atoms. The smallest absolute Gasteiger partial charge is 0.266 e. The number of nitrogens with one attached hydrogen (secondary N) is 1. The zero-order chi connectivity index (χ0) is 10.6. The molecule has 0 spiro atoms. The van der Waals surface area contributed by atoms with Crippen molar-refractivity contribution in [2.45, 2.75) is 26.7 Å². The molecule has 0 heterocycles. The molecule has 0 aromatic heterocycles. The monoisotopic (exact) mass is 199 g/mol. The molecule has 0 amide bonds. The quantitative estimate of drug-likeness (QED) is 0.781. The molecule has 0 fully saturated rings. The summed E-state index contributed by atoms with van der Waals surface area (Å²) in [6.07, 6.45) is -1.76. The van der Waals surface area contributed by atoms with E-state index in [9.17, 15) is 8.78 Å². The van der Waals surface area contributed by atoms with E-state index in [0.717, 1.165) is 5.56 Å². The SMILES string of the molecule is CCNc1cccc(CC)c1C(F)F. The fourth-order valence-electron chi connectivity index (χ4n) is 1.52. The average molecular weight is 199 g/mol. The van der Waals surface area contributed by atoms with Gasteiger partial charge in [0.15, 0.2) is 0 Å². The Hall–Kier alpha value is -1.12. The van der Waals surface area contributed by atoms with Crippen LogP contribution in [0.1, 0.15) is 31.4 Å². The highest BCUT2D eigenvalue weighted by molar-refractivity contribution is 5.55. The van der Waals surface area contributed by atoms with Crippen LogP contribution in [-0.2, 0) is 6.42 Å². The van der Waals surface area contributed by atoms with Crippen molar-refractivity contribution in [3.05, 3.63) is 29.3 Å². The third kappa shape index (κ3) is 2.22. The summed E-state index contributed by atoms with van der Waals surface area (Å²) in [5.41, 5.74) is 1.43. The molecule has 0 radical (unpaired) electrons. The Balaban J connectivity index is 3.14. The first-order chi connectivity index (χ1) is 6.70. The second-order valence-corrected chi connectivity index (χ2v) is 3.06. The van der Waals surface area contributed by atoms with Gasteiger partial charge in [0.25, 0.3) is 6.43 Å². The minimum atomic E-state index is -2.40. The summed E-state index contributed by atoms with van der Waals surface area (Å²) in [5.74, 6) is 0. The molecule has 1 nitrogen and oxygen atoms in total. The van der Waals surface area contributed by atoms with Crippen molar-refractivity contribution in [1.29, 1.82) is 0 Å². The molecule has 0 bridgehead atoms. The Bertz CT molecular complexity index is 297. The maximum absolute atomic E-state index is 12.8. The van der Waals surface area contributed by atoms with Gasteiger partial charge in [0.1, 0.15) is 0 Å². The number of benzene rings is 1. The molecular formula is C11H15F2N. The Morgan fingerprint density at radius 1 is 1.29 bits per heavy atom. The molecule has 1 aromatic rings. The highest BCUT2D eigenvalue weighted by Gasteiger charge is 2.15. The number of hydrogen-bond acceptors (Lipinski definition) is 1. The van der Waals surface area contributed by atoms with Crippen LogP contribution in [0.2, 0.25) is 0 Å². The van der Waals surface area contributed by atoms with Crippen LogP contribution in [0.5, 0.6) is 0 Å². The number of aryl methyl sites for hydroxylation is 1. The molecule has 0 aliphatic rings. The van der Waals surface area contributed by atoms with Crippen LogP contribution in [0.4, 0.5) is 14.5 Å². The van der Waals surface area contributed by atoms with E-state index in [0.29, 0.717) is 18.7 Å². The third-order valence-electron chi connectivity index (χ3n) is 2.16. The van der Waals surface area contributed by atoms with Crippen LogP contribution in [0.3, 0.4) is 0 Å². The molecule has 3 heteroatoms. The van der Waals surface area contributed by atoms with Gasteiger partial charge >= 0.3 is 0 Å². The first-order valence-electron chi connectivity index (χ1n) is 4.84. The molecule has 78 valence electrons. The van der Waals surface area contributed by atoms with Crippen LogP contribution in [0.25, 0.3) is 0 Å². The van der Waals surface area contributed by atoms with Crippen LogP contribution < -0.4 is 5.32 Å². The molecular weight excluding hydrogens is 184 g/mol. The zero-order valence-corrected chi connectivity index (χ0v) is 8.48. The van der Waals surface area contributed by atoms with E-state index in [1.165, 1.54) is 0 Å². The number of alkyl halides is 2. The fourth-order valence-corrected chi connectivity index (χ4v) is 1.52. The summed E-state index contributed by atoms with van der Waals surface area (Å²) >= 11 is 0. The van der Waals surface area contributed by atoms with Gasteiger partial charge in [-0.25, -0.2) is 8.78 Å². The Kier molecular flexibility index (Phi) is 3.86. The van der Waals surface area contributed by atoms with Crippen LogP contribution in [0.15, 0.2) is 18.2 Å². The average Bonchev–Trinajstić information content (AvgIpc) is 2.17. The highest BCUT2D eigenvalue weighted by atomic mass is 19.3. The van der Waals surface area contributed by atoms with Crippen molar-refractivity contribution in [3.8, 4) is 0 Å². The highest BCUT2D eigenvalue weighted by Crippen LogP contribution is 2.30. The van der Waals surface area contributed by atoms with E-state index >= 15 is 0 Å². The van der Waals surface area contributed by atoms with Crippen molar-refractivity contribution in [1.82, 2.24) is 0 Å². The van der Waals surface area contributed by atoms with Gasteiger partial charge in [-0.3, -0.25) is 0 Å². The standard InChI is InChI=1S/C11H15F2N/c1-3-8-6-5-7-9(14-4-2)10(8)11(12)13/h5-7,11,14H,3-4H2,1-2H3. The van der Waals surface area contributed by atoms with Crippen molar-refractivity contribution >= 4 is 5.69 Å². The molecule has 1 N–H and O–H groups in total. The molecule has 0 aliphatic heterocycles. The number of hydrogen-bond donors (Lipinski definition) is 1. The molecule has 0 atom stereocenters. The summed E-state index contributed by atoms with van der Waals surface area (Å²) < 4.78 is 25.5. The topological polar surface area (TPSA) is 12.0 Å². The summed E-state index contributed by atoms with van der Waals surface area (Å²) in [6.45, 7) is 4.44. The maximum Gasteiger partial charge on any atom is 0.266 e. The summed E-state index contributed by atoms with van der Waals surface area (Å²) in [7, 11) is 0. The van der Waals surface area contributed by atoms with Gasteiger partial charge in [-0.05, 0) is 25.0 Å².